The largest absolute Gasteiger partial charge is 0.462 e. The molecule has 0 fully saturated rings. The van der Waals surface area contributed by atoms with Gasteiger partial charge < -0.3 is 14.2 Å². The number of hydrogen-bond donors (Lipinski definition) is 0. The Bertz CT molecular complexity index is 1260. The number of carbonyl (C=O) groups is 3. The van der Waals surface area contributed by atoms with Gasteiger partial charge in [0.15, 0.2) is 6.10 Å². The van der Waals surface area contributed by atoms with Crippen LogP contribution in [0.25, 0.3) is 0 Å². The second-order valence-electron chi connectivity index (χ2n) is 18.8. The standard InChI is InChI=1S/C61H106O6/c1-4-7-10-13-16-19-22-25-27-28-29-30-31-32-34-36-39-42-45-48-51-54-60(63)66-57-58(56-65-59(62)53-50-47-44-41-38-35-24-21-18-15-12-9-6-3)67-61(64)55-52-49-46-43-40-37-33-26-23-20-17-14-11-8-5-2/h7,10,16,19,21,24-25,27,29-30,32,34,58H,4-6,8-9,11-15,17-18,20,22-23,26,28,31,33,35-57H2,1-3H3/b10-7-,19-16-,24-21-,27-25-,30-29-,34-32-. The van der Waals surface area contributed by atoms with Crippen molar-refractivity contribution in [2.45, 2.75) is 284 Å². The van der Waals surface area contributed by atoms with Crippen LogP contribution >= 0.6 is 0 Å². The summed E-state index contributed by atoms with van der Waals surface area (Å²) in [6.45, 7) is 6.51. The van der Waals surface area contributed by atoms with E-state index in [4.69, 9.17) is 14.2 Å². The van der Waals surface area contributed by atoms with Gasteiger partial charge >= 0.3 is 17.9 Å². The van der Waals surface area contributed by atoms with Gasteiger partial charge in [0.05, 0.1) is 0 Å². The highest BCUT2D eigenvalue weighted by molar-refractivity contribution is 5.71. The Labute approximate surface area is 414 Å². The van der Waals surface area contributed by atoms with Crippen LogP contribution in [0.3, 0.4) is 0 Å². The Kier molecular flexibility index (Phi) is 52.8. The van der Waals surface area contributed by atoms with Crippen molar-refractivity contribution < 1.29 is 28.6 Å². The van der Waals surface area contributed by atoms with Gasteiger partial charge in [-0.1, -0.05) is 241 Å². The zero-order valence-corrected chi connectivity index (χ0v) is 44.2. The second kappa shape index (κ2) is 55.4. The number of rotatable bonds is 51. The first-order valence-corrected chi connectivity index (χ1v) is 28.4. The maximum absolute atomic E-state index is 12.8. The van der Waals surface area contributed by atoms with Crippen molar-refractivity contribution in [2.75, 3.05) is 13.2 Å². The first kappa shape index (κ1) is 63.8. The molecule has 0 heterocycles. The molecule has 386 valence electrons. The molecule has 0 saturated carbocycles. The van der Waals surface area contributed by atoms with Gasteiger partial charge in [0.2, 0.25) is 0 Å². The molecule has 0 aliphatic carbocycles. The van der Waals surface area contributed by atoms with Crippen LogP contribution in [0.5, 0.6) is 0 Å². The van der Waals surface area contributed by atoms with E-state index >= 15 is 0 Å². The van der Waals surface area contributed by atoms with Crippen molar-refractivity contribution in [3.8, 4) is 0 Å². The zero-order chi connectivity index (χ0) is 48.6. The first-order chi connectivity index (χ1) is 33.0. The van der Waals surface area contributed by atoms with Gasteiger partial charge in [0.1, 0.15) is 13.2 Å². The second-order valence-corrected chi connectivity index (χ2v) is 18.8. The number of ether oxygens (including phenoxy) is 3. The molecule has 6 heteroatoms. The summed E-state index contributed by atoms with van der Waals surface area (Å²) in [5.41, 5.74) is 0. The molecule has 0 aromatic heterocycles. The third kappa shape index (κ3) is 53.7. The molecule has 67 heavy (non-hydrogen) atoms. The third-order valence-electron chi connectivity index (χ3n) is 12.2. The van der Waals surface area contributed by atoms with Crippen LogP contribution in [-0.4, -0.2) is 37.2 Å². The van der Waals surface area contributed by atoms with E-state index in [1.807, 2.05) is 0 Å². The molecule has 0 aliphatic heterocycles. The molecular formula is C61H106O6. The number of hydrogen-bond acceptors (Lipinski definition) is 6. The lowest BCUT2D eigenvalue weighted by atomic mass is 10.0. The molecule has 1 atom stereocenters. The Balaban J connectivity index is 4.39. The van der Waals surface area contributed by atoms with E-state index < -0.39 is 6.10 Å². The highest BCUT2D eigenvalue weighted by Crippen LogP contribution is 2.16. The van der Waals surface area contributed by atoms with E-state index in [1.165, 1.54) is 122 Å². The summed E-state index contributed by atoms with van der Waals surface area (Å²) >= 11 is 0. The SMILES string of the molecule is CC/C=C\C/C=C\C/C=C\C/C=C\C/C=C\CCCCCCCC(=O)OCC(COC(=O)CCCCCCC/C=C\CCCCCC)OC(=O)CCCCCCCCCCCCCCCCC. The Morgan fingerprint density at radius 2 is 0.582 bits per heavy atom. The van der Waals surface area contributed by atoms with E-state index in [0.29, 0.717) is 19.3 Å². The number of unbranched alkanes of at least 4 members (excludes halogenated alkanes) is 28. The maximum Gasteiger partial charge on any atom is 0.306 e. The summed E-state index contributed by atoms with van der Waals surface area (Å²) in [6, 6.07) is 0. The monoisotopic (exact) mass is 935 g/mol. The van der Waals surface area contributed by atoms with Crippen molar-refractivity contribution in [1.82, 2.24) is 0 Å². The highest BCUT2D eigenvalue weighted by atomic mass is 16.6. The van der Waals surface area contributed by atoms with Crippen molar-refractivity contribution in [3.05, 3.63) is 72.9 Å². The summed E-state index contributed by atoms with van der Waals surface area (Å²) in [7, 11) is 0. The van der Waals surface area contributed by atoms with Crippen molar-refractivity contribution in [2.24, 2.45) is 0 Å². The normalized spacial score (nSPS) is 12.6. The van der Waals surface area contributed by atoms with Crippen molar-refractivity contribution in [3.63, 3.8) is 0 Å². The highest BCUT2D eigenvalue weighted by Gasteiger charge is 2.19. The minimum Gasteiger partial charge on any atom is -0.462 e. The van der Waals surface area contributed by atoms with Crippen LogP contribution in [0.1, 0.15) is 278 Å². The average Bonchev–Trinajstić information content (AvgIpc) is 3.33. The predicted octanol–water partition coefficient (Wildman–Crippen LogP) is 19.0. The molecule has 0 rings (SSSR count). The number of esters is 3. The Morgan fingerprint density at radius 1 is 0.313 bits per heavy atom. The quantitative estimate of drug-likeness (QED) is 0.0262. The fourth-order valence-corrected chi connectivity index (χ4v) is 7.93. The maximum atomic E-state index is 12.8. The number of allylic oxidation sites excluding steroid dienone is 12. The van der Waals surface area contributed by atoms with Gasteiger partial charge in [-0.2, -0.15) is 0 Å². The lowest BCUT2D eigenvalue weighted by Gasteiger charge is -2.18. The van der Waals surface area contributed by atoms with Crippen LogP contribution in [0.4, 0.5) is 0 Å². The van der Waals surface area contributed by atoms with Crippen LogP contribution in [0, 0.1) is 0 Å². The molecule has 1 unspecified atom stereocenters. The van der Waals surface area contributed by atoms with Gasteiger partial charge in [-0.3, -0.25) is 14.4 Å². The summed E-state index contributed by atoms with van der Waals surface area (Å²) in [5.74, 6) is -0.902. The predicted molar refractivity (Wildman–Crippen MR) is 288 cm³/mol. The van der Waals surface area contributed by atoms with Crippen molar-refractivity contribution in [1.29, 1.82) is 0 Å². The van der Waals surface area contributed by atoms with E-state index in [-0.39, 0.29) is 31.1 Å². The molecule has 0 bridgehead atoms. The van der Waals surface area contributed by atoms with Crippen LogP contribution < -0.4 is 0 Å². The first-order valence-electron chi connectivity index (χ1n) is 28.4. The molecule has 0 N–H and O–H groups in total. The minimum atomic E-state index is -0.785. The lowest BCUT2D eigenvalue weighted by molar-refractivity contribution is -0.167. The molecule has 0 radical (unpaired) electrons. The van der Waals surface area contributed by atoms with E-state index in [1.54, 1.807) is 0 Å². The van der Waals surface area contributed by atoms with Gasteiger partial charge in [0.25, 0.3) is 0 Å². The van der Waals surface area contributed by atoms with Gasteiger partial charge in [0, 0.05) is 19.3 Å². The van der Waals surface area contributed by atoms with E-state index in [2.05, 4.69) is 93.7 Å². The van der Waals surface area contributed by atoms with Gasteiger partial charge in [-0.05, 0) is 89.9 Å². The van der Waals surface area contributed by atoms with Crippen LogP contribution in [0.2, 0.25) is 0 Å². The topological polar surface area (TPSA) is 78.9 Å². The number of carbonyl (C=O) groups excluding carboxylic acids is 3. The summed E-state index contributed by atoms with van der Waals surface area (Å²) in [4.78, 5) is 38.1. The summed E-state index contributed by atoms with van der Waals surface area (Å²) in [5, 5.41) is 0. The average molecular weight is 936 g/mol. The Hall–Kier alpha value is -3.15. The summed E-state index contributed by atoms with van der Waals surface area (Å²) in [6.07, 6.45) is 70.3. The third-order valence-corrected chi connectivity index (χ3v) is 12.2. The molecule has 0 aromatic rings. The Morgan fingerprint density at radius 3 is 0.940 bits per heavy atom. The molecule has 0 saturated heterocycles. The fraction of sp³-hybridized carbons (Fsp3) is 0.754. The smallest absolute Gasteiger partial charge is 0.306 e. The minimum absolute atomic E-state index is 0.0840. The van der Waals surface area contributed by atoms with Gasteiger partial charge in [-0.15, -0.1) is 0 Å². The van der Waals surface area contributed by atoms with Crippen molar-refractivity contribution >= 4 is 17.9 Å². The molecule has 0 amide bonds. The van der Waals surface area contributed by atoms with Crippen LogP contribution in [-0.2, 0) is 28.6 Å². The molecule has 0 aromatic carbocycles. The fourth-order valence-electron chi connectivity index (χ4n) is 7.93. The van der Waals surface area contributed by atoms with E-state index in [9.17, 15) is 14.4 Å². The lowest BCUT2D eigenvalue weighted by Crippen LogP contribution is -2.30. The molecular weight excluding hydrogens is 829 g/mol. The molecule has 6 nitrogen and oxygen atoms in total. The molecule has 0 aliphatic rings. The van der Waals surface area contributed by atoms with E-state index in [0.717, 1.165) is 116 Å². The van der Waals surface area contributed by atoms with Gasteiger partial charge in [-0.25, -0.2) is 0 Å². The van der Waals surface area contributed by atoms with Crippen LogP contribution in [0.15, 0.2) is 72.9 Å². The zero-order valence-electron chi connectivity index (χ0n) is 44.2. The summed E-state index contributed by atoms with van der Waals surface area (Å²) < 4.78 is 16.8. The molecule has 0 spiro atoms.